The lowest BCUT2D eigenvalue weighted by Crippen LogP contribution is -2.28. The third kappa shape index (κ3) is 2.49. The van der Waals surface area contributed by atoms with Crippen LogP contribution in [0.5, 0.6) is 0 Å². The van der Waals surface area contributed by atoms with Crippen molar-refractivity contribution in [1.82, 2.24) is 4.90 Å². The van der Waals surface area contributed by atoms with E-state index in [0.717, 1.165) is 5.56 Å². The summed E-state index contributed by atoms with van der Waals surface area (Å²) in [6.07, 6.45) is -1.27. The van der Waals surface area contributed by atoms with E-state index in [1.165, 1.54) is 0 Å². The van der Waals surface area contributed by atoms with Gasteiger partial charge < -0.3 is 14.7 Å². The average Bonchev–Trinajstić information content (AvgIpc) is 2.62. The summed E-state index contributed by atoms with van der Waals surface area (Å²) < 4.78 is 4.68. The van der Waals surface area contributed by atoms with Crippen molar-refractivity contribution in [1.29, 1.82) is 0 Å². The lowest BCUT2D eigenvalue weighted by Gasteiger charge is -2.25. The van der Waals surface area contributed by atoms with Crippen LogP contribution in [0.25, 0.3) is 0 Å². The van der Waals surface area contributed by atoms with Gasteiger partial charge in [0.25, 0.3) is 0 Å². The van der Waals surface area contributed by atoms with E-state index in [1.807, 2.05) is 42.2 Å². The number of rotatable bonds is 4. The number of aliphatic hydroxyl groups excluding tert-OH is 1. The van der Waals surface area contributed by atoms with Crippen LogP contribution in [-0.2, 0) is 16.1 Å². The Hall–Kier alpha value is -1.52. The van der Waals surface area contributed by atoms with E-state index < -0.39 is 12.3 Å². The number of carbonyl (C=O) groups excluding carboxylic acids is 1. The zero-order chi connectivity index (χ0) is 13.1. The highest BCUT2D eigenvalue weighted by molar-refractivity contribution is 6.42. The van der Waals surface area contributed by atoms with Crippen LogP contribution < -0.4 is 0 Å². The summed E-state index contributed by atoms with van der Waals surface area (Å²) in [6, 6.07) is 9.75. The highest BCUT2D eigenvalue weighted by Crippen LogP contribution is 2.28. The molecule has 1 aromatic carbocycles. The fourth-order valence-electron chi connectivity index (χ4n) is 1.89. The lowest BCUT2D eigenvalue weighted by molar-refractivity contribution is -0.152. The third-order valence-electron chi connectivity index (χ3n) is 2.80. The highest BCUT2D eigenvalue weighted by Gasteiger charge is 2.34. The number of likely N-dealkylation sites (N-methyl/N-ethyl adjacent to an activating group) is 1. The molecule has 4 nitrogen and oxygen atoms in total. The second-order valence-corrected chi connectivity index (χ2v) is 4.33. The van der Waals surface area contributed by atoms with Gasteiger partial charge in [-0.2, -0.15) is 0 Å². The Labute approximate surface area is 110 Å². The summed E-state index contributed by atoms with van der Waals surface area (Å²) in [7, 11) is 0. The molecular formula is C13H14ClNO3. The van der Waals surface area contributed by atoms with E-state index in [2.05, 4.69) is 4.74 Å². The molecule has 1 aliphatic heterocycles. The minimum atomic E-state index is -1.27. The standard InChI is InChI=1S/C13H14ClNO3/c1-2-15(8-9-6-4-3-5-7-9)11-10(14)12(16)18-13(11)17/h3-7,13,17H,2,8H2,1H3. The molecule has 2 rings (SSSR count). The molecule has 96 valence electrons. The van der Waals surface area contributed by atoms with Crippen molar-refractivity contribution in [3.05, 3.63) is 46.6 Å². The number of halogens is 1. The van der Waals surface area contributed by atoms with Gasteiger partial charge in [0, 0.05) is 13.1 Å². The number of aliphatic hydroxyl groups is 1. The molecule has 1 N–H and O–H groups in total. The molecule has 1 aromatic rings. The third-order valence-corrected chi connectivity index (χ3v) is 3.14. The Balaban J connectivity index is 2.22. The maximum atomic E-state index is 11.3. The number of cyclic esters (lactones) is 1. The van der Waals surface area contributed by atoms with Crippen LogP contribution in [0.2, 0.25) is 0 Å². The number of esters is 1. The normalized spacial score (nSPS) is 19.1. The van der Waals surface area contributed by atoms with Gasteiger partial charge in [0.2, 0.25) is 6.29 Å². The quantitative estimate of drug-likeness (QED) is 0.846. The largest absolute Gasteiger partial charge is 0.425 e. The highest BCUT2D eigenvalue weighted by atomic mass is 35.5. The van der Waals surface area contributed by atoms with Crippen LogP contribution in [0.3, 0.4) is 0 Å². The zero-order valence-electron chi connectivity index (χ0n) is 9.97. The molecule has 5 heteroatoms. The second-order valence-electron chi connectivity index (χ2n) is 3.96. The number of nitrogens with zero attached hydrogens (tertiary/aromatic N) is 1. The van der Waals surface area contributed by atoms with Crippen molar-refractivity contribution in [2.75, 3.05) is 6.54 Å². The summed E-state index contributed by atoms with van der Waals surface area (Å²) in [6.45, 7) is 3.11. The molecule has 0 saturated carbocycles. The molecule has 1 unspecified atom stereocenters. The van der Waals surface area contributed by atoms with Crippen molar-refractivity contribution in [3.63, 3.8) is 0 Å². The van der Waals surface area contributed by atoms with E-state index in [-0.39, 0.29) is 5.03 Å². The molecule has 0 amide bonds. The minimum absolute atomic E-state index is 0.0414. The van der Waals surface area contributed by atoms with Gasteiger partial charge in [-0.05, 0) is 12.5 Å². The molecule has 0 spiro atoms. The molecule has 1 aliphatic rings. The minimum Gasteiger partial charge on any atom is -0.425 e. The van der Waals surface area contributed by atoms with Crippen LogP contribution in [0.1, 0.15) is 12.5 Å². The van der Waals surface area contributed by atoms with Gasteiger partial charge in [-0.3, -0.25) is 0 Å². The summed E-state index contributed by atoms with van der Waals surface area (Å²) >= 11 is 5.87. The Morgan fingerprint density at radius 3 is 2.56 bits per heavy atom. The topological polar surface area (TPSA) is 49.8 Å². The Morgan fingerprint density at radius 2 is 2.06 bits per heavy atom. The van der Waals surface area contributed by atoms with Gasteiger partial charge in [0.15, 0.2) is 5.03 Å². The van der Waals surface area contributed by atoms with Crippen molar-refractivity contribution in [2.45, 2.75) is 19.8 Å². The molecule has 0 bridgehead atoms. The molecular weight excluding hydrogens is 254 g/mol. The number of benzene rings is 1. The first kappa shape index (κ1) is 12.9. The molecule has 0 fully saturated rings. The Bertz CT molecular complexity index is 472. The second kappa shape index (κ2) is 5.42. The molecule has 0 aliphatic carbocycles. The van der Waals surface area contributed by atoms with Gasteiger partial charge >= 0.3 is 5.97 Å². The average molecular weight is 268 g/mol. The van der Waals surface area contributed by atoms with Crippen LogP contribution in [0.15, 0.2) is 41.1 Å². The molecule has 0 aromatic heterocycles. The maximum absolute atomic E-state index is 11.3. The maximum Gasteiger partial charge on any atom is 0.354 e. The first-order valence-electron chi connectivity index (χ1n) is 5.71. The van der Waals surface area contributed by atoms with Crippen molar-refractivity contribution in [3.8, 4) is 0 Å². The van der Waals surface area contributed by atoms with Crippen LogP contribution in [0.4, 0.5) is 0 Å². The van der Waals surface area contributed by atoms with Crippen LogP contribution >= 0.6 is 11.6 Å². The van der Waals surface area contributed by atoms with Crippen molar-refractivity contribution in [2.24, 2.45) is 0 Å². The molecule has 18 heavy (non-hydrogen) atoms. The van der Waals surface area contributed by atoms with Gasteiger partial charge in [-0.15, -0.1) is 0 Å². The van der Waals surface area contributed by atoms with Gasteiger partial charge in [0.1, 0.15) is 5.70 Å². The summed E-state index contributed by atoms with van der Waals surface area (Å²) in [5.41, 5.74) is 1.41. The Morgan fingerprint density at radius 1 is 1.39 bits per heavy atom. The number of hydrogen-bond donors (Lipinski definition) is 1. The summed E-state index contributed by atoms with van der Waals surface area (Å²) in [5.74, 6) is -0.675. The van der Waals surface area contributed by atoms with E-state index >= 15 is 0 Å². The van der Waals surface area contributed by atoms with E-state index in [0.29, 0.717) is 18.8 Å². The van der Waals surface area contributed by atoms with Crippen molar-refractivity contribution < 1.29 is 14.6 Å². The Kier molecular flexibility index (Phi) is 3.89. The first-order chi connectivity index (χ1) is 8.63. The monoisotopic (exact) mass is 267 g/mol. The summed E-state index contributed by atoms with van der Waals surface area (Å²) in [4.78, 5) is 13.1. The molecule has 0 radical (unpaired) electrons. The van der Waals surface area contributed by atoms with E-state index in [4.69, 9.17) is 11.6 Å². The van der Waals surface area contributed by atoms with Gasteiger partial charge in [-0.1, -0.05) is 41.9 Å². The van der Waals surface area contributed by atoms with Crippen LogP contribution in [-0.4, -0.2) is 28.8 Å². The number of ether oxygens (including phenoxy) is 1. The fraction of sp³-hybridized carbons (Fsp3) is 0.308. The van der Waals surface area contributed by atoms with Crippen LogP contribution in [0, 0.1) is 0 Å². The van der Waals surface area contributed by atoms with E-state index in [1.54, 1.807) is 0 Å². The first-order valence-corrected chi connectivity index (χ1v) is 6.09. The molecule has 1 heterocycles. The summed E-state index contributed by atoms with van der Waals surface area (Å²) in [5, 5.41) is 9.64. The van der Waals surface area contributed by atoms with E-state index in [9.17, 15) is 9.90 Å². The lowest BCUT2D eigenvalue weighted by atomic mass is 10.2. The zero-order valence-corrected chi connectivity index (χ0v) is 10.7. The molecule has 0 saturated heterocycles. The van der Waals surface area contributed by atoms with Gasteiger partial charge in [0.05, 0.1) is 0 Å². The SMILES string of the molecule is CCN(Cc1ccccc1)C1=C(Cl)C(=O)OC1O. The molecule has 1 atom stereocenters. The fourth-order valence-corrected chi connectivity index (χ4v) is 2.15. The smallest absolute Gasteiger partial charge is 0.354 e. The predicted molar refractivity (Wildman–Crippen MR) is 67.5 cm³/mol. The number of carbonyl (C=O) groups is 1. The predicted octanol–water partition coefficient (Wildman–Crippen LogP) is 1.83. The van der Waals surface area contributed by atoms with Gasteiger partial charge in [-0.25, -0.2) is 4.79 Å². The van der Waals surface area contributed by atoms with Crippen molar-refractivity contribution >= 4 is 17.6 Å². The number of hydrogen-bond acceptors (Lipinski definition) is 4.